The maximum Gasteiger partial charge on any atom is 0.332 e. The fourth-order valence-electron chi connectivity index (χ4n) is 2.30. The zero-order chi connectivity index (χ0) is 16.1. The summed E-state index contributed by atoms with van der Waals surface area (Å²) in [6.07, 6.45) is 2.02. The molecule has 0 spiro atoms. The van der Waals surface area contributed by atoms with Crippen molar-refractivity contribution in [3.63, 3.8) is 0 Å². The molecule has 1 unspecified atom stereocenters. The Labute approximate surface area is 128 Å². The first-order chi connectivity index (χ1) is 10.5. The second-order valence-electron chi connectivity index (χ2n) is 4.96. The number of nitrogens with one attached hydrogen (secondary N) is 1. The number of carbonyl (C=O) groups excluding carboxylic acids is 1. The summed E-state index contributed by atoms with van der Waals surface area (Å²) in [7, 11) is 0. The van der Waals surface area contributed by atoms with Crippen molar-refractivity contribution in [1.29, 1.82) is 0 Å². The minimum Gasteiger partial charge on any atom is -0.493 e. The maximum absolute atomic E-state index is 11.5. The molecule has 2 N–H and O–H groups in total. The van der Waals surface area contributed by atoms with Gasteiger partial charge < -0.3 is 19.9 Å². The monoisotopic (exact) mass is 305 g/mol. The Morgan fingerprint density at radius 1 is 1.50 bits per heavy atom. The highest BCUT2D eigenvalue weighted by Gasteiger charge is 2.22. The van der Waals surface area contributed by atoms with Gasteiger partial charge in [-0.3, -0.25) is 0 Å². The normalized spacial score (nSPS) is 14.7. The predicted octanol–water partition coefficient (Wildman–Crippen LogP) is 1.80. The van der Waals surface area contributed by atoms with E-state index in [1.807, 2.05) is 6.07 Å². The zero-order valence-corrected chi connectivity index (χ0v) is 12.6. The van der Waals surface area contributed by atoms with Gasteiger partial charge in [-0.15, -0.1) is 0 Å². The third-order valence-corrected chi connectivity index (χ3v) is 3.29. The third kappa shape index (κ3) is 3.78. The number of ether oxygens (including phenoxy) is 2. The van der Waals surface area contributed by atoms with E-state index in [2.05, 4.69) is 5.32 Å². The Morgan fingerprint density at radius 2 is 2.27 bits per heavy atom. The van der Waals surface area contributed by atoms with E-state index in [-0.39, 0.29) is 6.61 Å². The highest BCUT2D eigenvalue weighted by Crippen LogP contribution is 2.28. The van der Waals surface area contributed by atoms with E-state index in [1.165, 1.54) is 6.08 Å². The lowest BCUT2D eigenvalue weighted by atomic mass is 10.0. The van der Waals surface area contributed by atoms with Crippen LogP contribution in [0.1, 0.15) is 31.0 Å². The molecular formula is C16H19NO5. The van der Waals surface area contributed by atoms with Crippen LogP contribution in [0.25, 0.3) is 0 Å². The molecule has 1 atom stereocenters. The van der Waals surface area contributed by atoms with Crippen LogP contribution in [-0.2, 0) is 20.7 Å². The van der Waals surface area contributed by atoms with E-state index in [0.717, 1.165) is 17.7 Å². The summed E-state index contributed by atoms with van der Waals surface area (Å²) < 4.78 is 10.2. The van der Waals surface area contributed by atoms with Crippen LogP contribution in [0.3, 0.4) is 0 Å². The van der Waals surface area contributed by atoms with Crippen molar-refractivity contribution in [2.24, 2.45) is 0 Å². The molecular weight excluding hydrogens is 286 g/mol. The van der Waals surface area contributed by atoms with Crippen molar-refractivity contribution in [1.82, 2.24) is 5.32 Å². The molecule has 118 valence electrons. The largest absolute Gasteiger partial charge is 0.493 e. The van der Waals surface area contributed by atoms with Gasteiger partial charge in [-0.1, -0.05) is 6.07 Å². The second kappa shape index (κ2) is 6.98. The molecule has 1 aliphatic rings. The van der Waals surface area contributed by atoms with Crippen LogP contribution >= 0.6 is 0 Å². The molecule has 0 bridgehead atoms. The van der Waals surface area contributed by atoms with Gasteiger partial charge in [0, 0.05) is 18.2 Å². The minimum atomic E-state index is -1.02. The third-order valence-electron chi connectivity index (χ3n) is 3.29. The van der Waals surface area contributed by atoms with Gasteiger partial charge in [0.2, 0.25) is 0 Å². The fourth-order valence-corrected chi connectivity index (χ4v) is 2.30. The van der Waals surface area contributed by atoms with E-state index in [0.29, 0.717) is 17.9 Å². The molecule has 1 heterocycles. The van der Waals surface area contributed by atoms with E-state index in [4.69, 9.17) is 9.47 Å². The zero-order valence-electron chi connectivity index (χ0n) is 12.6. The van der Waals surface area contributed by atoms with Gasteiger partial charge in [0.25, 0.3) is 0 Å². The molecule has 6 heteroatoms. The summed E-state index contributed by atoms with van der Waals surface area (Å²) >= 11 is 0. The number of aliphatic carboxylic acids is 1. The average Bonchev–Trinajstić information content (AvgIpc) is 2.91. The lowest BCUT2D eigenvalue weighted by Crippen LogP contribution is -2.27. The summed E-state index contributed by atoms with van der Waals surface area (Å²) in [5.41, 5.74) is 2.05. The number of fused-ring (bicyclic) bond motifs is 1. The Morgan fingerprint density at radius 3 is 2.95 bits per heavy atom. The predicted molar refractivity (Wildman–Crippen MR) is 79.5 cm³/mol. The number of hydrogen-bond donors (Lipinski definition) is 2. The molecule has 1 aliphatic heterocycles. The van der Waals surface area contributed by atoms with Gasteiger partial charge in [0.15, 0.2) is 0 Å². The molecule has 0 aliphatic carbocycles. The van der Waals surface area contributed by atoms with Crippen LogP contribution in [-0.4, -0.2) is 30.3 Å². The van der Waals surface area contributed by atoms with E-state index in [9.17, 15) is 14.7 Å². The number of carboxylic acid groups (broad SMARTS) is 1. The molecule has 0 saturated carbocycles. The topological polar surface area (TPSA) is 84.9 Å². The van der Waals surface area contributed by atoms with Crippen LogP contribution in [0.4, 0.5) is 0 Å². The first-order valence-electron chi connectivity index (χ1n) is 7.11. The van der Waals surface area contributed by atoms with Crippen molar-refractivity contribution in [3.8, 4) is 5.75 Å². The number of allylic oxidation sites excluding steroid dienone is 1. The molecule has 1 aromatic rings. The van der Waals surface area contributed by atoms with Crippen molar-refractivity contribution in [2.75, 3.05) is 13.2 Å². The molecule has 0 radical (unpaired) electrons. The van der Waals surface area contributed by atoms with Crippen molar-refractivity contribution < 1.29 is 24.2 Å². The molecule has 2 rings (SSSR count). The van der Waals surface area contributed by atoms with Gasteiger partial charge in [0.05, 0.1) is 13.2 Å². The van der Waals surface area contributed by atoms with E-state index >= 15 is 0 Å². The highest BCUT2D eigenvalue weighted by atomic mass is 16.5. The summed E-state index contributed by atoms with van der Waals surface area (Å²) in [5.74, 6) is -0.721. The molecule has 0 saturated heterocycles. The smallest absolute Gasteiger partial charge is 0.332 e. The summed E-state index contributed by atoms with van der Waals surface area (Å²) in [4.78, 5) is 22.9. The standard InChI is InChI=1S/C16H19NO5/c1-3-21-14(18)8-10(2)17-15(16(19)20)12-4-5-13-11(9-12)6-7-22-13/h4-5,8-9,15,17H,3,6-7H2,1-2H3,(H,19,20)/b10-8-. The van der Waals surface area contributed by atoms with E-state index in [1.54, 1.807) is 26.0 Å². The molecule has 0 amide bonds. The average molecular weight is 305 g/mol. The number of benzene rings is 1. The number of hydrogen-bond acceptors (Lipinski definition) is 5. The van der Waals surface area contributed by atoms with Crippen LogP contribution in [0, 0.1) is 0 Å². The lowest BCUT2D eigenvalue weighted by molar-refractivity contribution is -0.140. The molecule has 0 fully saturated rings. The Kier molecular flexibility index (Phi) is 5.04. The fraction of sp³-hybridized carbons (Fsp3) is 0.375. The number of carbonyl (C=O) groups is 2. The SMILES string of the molecule is CCOC(=O)/C=C(/C)NC(C(=O)O)c1ccc2c(c1)CCO2. The van der Waals surface area contributed by atoms with E-state index < -0.39 is 18.0 Å². The first-order valence-corrected chi connectivity index (χ1v) is 7.11. The lowest BCUT2D eigenvalue weighted by Gasteiger charge is -2.17. The summed E-state index contributed by atoms with van der Waals surface area (Å²) in [5, 5.41) is 12.3. The second-order valence-corrected chi connectivity index (χ2v) is 4.96. The van der Waals surface area contributed by atoms with Crippen LogP contribution in [0.2, 0.25) is 0 Å². The Balaban J connectivity index is 2.17. The van der Waals surface area contributed by atoms with Crippen molar-refractivity contribution >= 4 is 11.9 Å². The van der Waals surface area contributed by atoms with Crippen molar-refractivity contribution in [2.45, 2.75) is 26.3 Å². The molecule has 0 aromatic heterocycles. The van der Waals surface area contributed by atoms with Crippen LogP contribution < -0.4 is 10.1 Å². The Hall–Kier alpha value is -2.50. The number of carboxylic acids is 1. The van der Waals surface area contributed by atoms with Crippen LogP contribution in [0.5, 0.6) is 5.75 Å². The summed E-state index contributed by atoms with van der Waals surface area (Å²) in [6.45, 7) is 4.23. The Bertz CT molecular complexity index is 609. The van der Waals surface area contributed by atoms with Crippen LogP contribution in [0.15, 0.2) is 30.0 Å². The van der Waals surface area contributed by atoms with Gasteiger partial charge in [-0.2, -0.15) is 0 Å². The van der Waals surface area contributed by atoms with Crippen molar-refractivity contribution in [3.05, 3.63) is 41.1 Å². The number of rotatable bonds is 6. The highest BCUT2D eigenvalue weighted by molar-refractivity contribution is 5.83. The maximum atomic E-state index is 11.5. The van der Waals surface area contributed by atoms with Gasteiger partial charge in [-0.25, -0.2) is 9.59 Å². The minimum absolute atomic E-state index is 0.274. The molecule has 1 aromatic carbocycles. The number of esters is 1. The first kappa shape index (κ1) is 15.9. The van der Waals surface area contributed by atoms with Gasteiger partial charge in [0.1, 0.15) is 11.8 Å². The van der Waals surface area contributed by atoms with Gasteiger partial charge in [-0.05, 0) is 37.1 Å². The van der Waals surface area contributed by atoms with Gasteiger partial charge >= 0.3 is 11.9 Å². The molecule has 22 heavy (non-hydrogen) atoms. The summed E-state index contributed by atoms with van der Waals surface area (Å²) in [6, 6.07) is 4.38. The quantitative estimate of drug-likeness (QED) is 0.616. The molecule has 6 nitrogen and oxygen atoms in total.